The first-order chi connectivity index (χ1) is 10.0. The smallest absolute Gasteiger partial charge is 0.230 e. The molecular weight excluding hydrogens is 264 g/mol. The number of hydrogen-bond donors (Lipinski definition) is 2. The lowest BCUT2D eigenvalue weighted by Gasteiger charge is -2.23. The lowest BCUT2D eigenvalue weighted by Crippen LogP contribution is -2.40. The first kappa shape index (κ1) is 15.4. The number of rotatable bonds is 6. The Balaban J connectivity index is 2.32. The summed E-state index contributed by atoms with van der Waals surface area (Å²) in [5.41, 5.74) is 1.42. The molecule has 0 fully saturated rings. The number of benzene rings is 1. The number of H-pyrrole nitrogens is 1. The van der Waals surface area contributed by atoms with Crippen LogP contribution in [0.3, 0.4) is 0 Å². The van der Waals surface area contributed by atoms with Gasteiger partial charge in [0.25, 0.3) is 0 Å². The van der Waals surface area contributed by atoms with Gasteiger partial charge in [-0.2, -0.15) is 0 Å². The van der Waals surface area contributed by atoms with E-state index in [9.17, 15) is 4.79 Å². The van der Waals surface area contributed by atoms with Crippen molar-refractivity contribution in [3.8, 4) is 5.75 Å². The van der Waals surface area contributed by atoms with Crippen molar-refractivity contribution < 1.29 is 9.53 Å². The molecule has 1 aromatic carbocycles. The van der Waals surface area contributed by atoms with E-state index in [1.165, 1.54) is 0 Å². The van der Waals surface area contributed by atoms with Crippen molar-refractivity contribution in [3.05, 3.63) is 30.0 Å². The fourth-order valence-electron chi connectivity index (χ4n) is 2.47. The number of aromatic amines is 1. The number of methoxy groups -OCH3 is 1. The number of ether oxygens (including phenoxy) is 1. The van der Waals surface area contributed by atoms with Crippen LogP contribution in [0.1, 0.15) is 39.2 Å². The fraction of sp³-hybridized carbons (Fsp3) is 0.471. The molecule has 0 unspecified atom stereocenters. The quantitative estimate of drug-likeness (QED) is 0.801. The van der Waals surface area contributed by atoms with Gasteiger partial charge in [-0.05, 0) is 44.0 Å². The number of carbonyl (C=O) groups is 1. The second-order valence-electron chi connectivity index (χ2n) is 5.85. The van der Waals surface area contributed by atoms with E-state index in [-0.39, 0.29) is 5.91 Å². The Hall–Kier alpha value is -1.97. The Morgan fingerprint density at radius 1 is 1.38 bits per heavy atom. The zero-order valence-corrected chi connectivity index (χ0v) is 13.2. The topological polar surface area (TPSA) is 54.1 Å². The second kappa shape index (κ2) is 6.20. The van der Waals surface area contributed by atoms with Crippen molar-refractivity contribution in [2.45, 2.75) is 39.0 Å². The fourth-order valence-corrected chi connectivity index (χ4v) is 2.47. The molecule has 21 heavy (non-hydrogen) atoms. The van der Waals surface area contributed by atoms with E-state index in [1.54, 1.807) is 7.11 Å². The highest BCUT2D eigenvalue weighted by molar-refractivity contribution is 5.95. The Morgan fingerprint density at radius 2 is 2.14 bits per heavy atom. The summed E-state index contributed by atoms with van der Waals surface area (Å²) in [7, 11) is 1.65. The Kier molecular flexibility index (Phi) is 4.56. The molecule has 0 saturated carbocycles. The second-order valence-corrected chi connectivity index (χ2v) is 5.85. The van der Waals surface area contributed by atoms with Gasteiger partial charge >= 0.3 is 0 Å². The molecule has 0 radical (unpaired) electrons. The van der Waals surface area contributed by atoms with Gasteiger partial charge in [0.1, 0.15) is 5.75 Å². The van der Waals surface area contributed by atoms with E-state index in [0.29, 0.717) is 0 Å². The van der Waals surface area contributed by atoms with Crippen molar-refractivity contribution in [3.63, 3.8) is 0 Å². The van der Waals surface area contributed by atoms with E-state index < -0.39 is 5.41 Å². The summed E-state index contributed by atoms with van der Waals surface area (Å²) >= 11 is 0. The van der Waals surface area contributed by atoms with Gasteiger partial charge in [0.05, 0.1) is 12.5 Å². The Morgan fingerprint density at radius 3 is 2.81 bits per heavy atom. The van der Waals surface area contributed by atoms with Crippen molar-refractivity contribution in [1.29, 1.82) is 0 Å². The average Bonchev–Trinajstić information content (AvgIpc) is 2.90. The molecule has 2 rings (SSSR count). The average molecular weight is 288 g/mol. The van der Waals surface area contributed by atoms with Gasteiger partial charge in [-0.25, -0.2) is 0 Å². The van der Waals surface area contributed by atoms with Crippen molar-refractivity contribution in [1.82, 2.24) is 10.3 Å². The highest BCUT2D eigenvalue weighted by Crippen LogP contribution is 2.32. The maximum Gasteiger partial charge on any atom is 0.230 e. The summed E-state index contributed by atoms with van der Waals surface area (Å²) < 4.78 is 5.28. The zero-order valence-electron chi connectivity index (χ0n) is 13.2. The molecule has 114 valence electrons. The molecule has 4 heteroatoms. The van der Waals surface area contributed by atoms with Crippen LogP contribution in [0.15, 0.2) is 24.4 Å². The summed E-state index contributed by atoms with van der Waals surface area (Å²) in [5, 5.41) is 4.05. The summed E-state index contributed by atoms with van der Waals surface area (Å²) in [6.45, 7) is 6.75. The predicted molar refractivity (Wildman–Crippen MR) is 85.8 cm³/mol. The van der Waals surface area contributed by atoms with Crippen LogP contribution in [0.25, 0.3) is 10.9 Å². The molecule has 0 aliphatic rings. The van der Waals surface area contributed by atoms with Crippen molar-refractivity contribution in [2.24, 2.45) is 0 Å². The molecule has 0 aliphatic heterocycles. The maximum atomic E-state index is 12.5. The molecule has 0 saturated heterocycles. The minimum absolute atomic E-state index is 0.0552. The first-order valence-corrected chi connectivity index (χ1v) is 7.44. The van der Waals surface area contributed by atoms with Crippen molar-refractivity contribution >= 4 is 16.8 Å². The van der Waals surface area contributed by atoms with E-state index in [2.05, 4.69) is 17.2 Å². The lowest BCUT2D eigenvalue weighted by molar-refractivity contribution is -0.125. The third-order valence-electron chi connectivity index (χ3n) is 3.95. The van der Waals surface area contributed by atoms with Crippen LogP contribution in [-0.4, -0.2) is 24.5 Å². The molecular formula is C17H24N2O2. The molecule has 2 N–H and O–H groups in total. The molecule has 0 bridgehead atoms. The predicted octanol–water partition coefficient (Wildman–Crippen LogP) is 3.37. The highest BCUT2D eigenvalue weighted by atomic mass is 16.5. The van der Waals surface area contributed by atoms with Crippen LogP contribution in [0.5, 0.6) is 5.75 Å². The summed E-state index contributed by atoms with van der Waals surface area (Å²) in [6, 6.07) is 5.86. The number of unbranched alkanes of at least 4 members (excludes halogenated alkanes) is 1. The van der Waals surface area contributed by atoms with E-state index in [4.69, 9.17) is 4.74 Å². The van der Waals surface area contributed by atoms with E-state index in [1.807, 2.05) is 38.2 Å². The van der Waals surface area contributed by atoms with Gasteiger partial charge < -0.3 is 15.0 Å². The standard InChI is InChI=1S/C17H24N2O2/c1-5-6-9-18-16(20)17(2,3)14-11-19-15-8-7-12(21-4)10-13(14)15/h7-8,10-11,19H,5-6,9H2,1-4H3,(H,18,20). The molecule has 2 aromatic rings. The van der Waals surface area contributed by atoms with Gasteiger partial charge in [0.2, 0.25) is 5.91 Å². The number of amides is 1. The number of fused-ring (bicyclic) bond motifs is 1. The maximum absolute atomic E-state index is 12.5. The normalized spacial score (nSPS) is 11.6. The third-order valence-corrected chi connectivity index (χ3v) is 3.95. The van der Waals surface area contributed by atoms with E-state index >= 15 is 0 Å². The number of hydrogen-bond acceptors (Lipinski definition) is 2. The van der Waals surface area contributed by atoms with Crippen LogP contribution in [0, 0.1) is 0 Å². The molecule has 1 amide bonds. The molecule has 1 heterocycles. The highest BCUT2D eigenvalue weighted by Gasteiger charge is 2.32. The Bertz CT molecular complexity index is 629. The largest absolute Gasteiger partial charge is 0.497 e. The molecule has 0 atom stereocenters. The van der Waals surface area contributed by atoms with Crippen LogP contribution >= 0.6 is 0 Å². The molecule has 0 spiro atoms. The van der Waals surface area contributed by atoms with E-state index in [0.717, 1.165) is 41.6 Å². The van der Waals surface area contributed by atoms with Crippen LogP contribution in [0.4, 0.5) is 0 Å². The van der Waals surface area contributed by atoms with Gasteiger partial charge in [-0.3, -0.25) is 4.79 Å². The zero-order chi connectivity index (χ0) is 15.5. The van der Waals surface area contributed by atoms with Gasteiger partial charge in [-0.15, -0.1) is 0 Å². The minimum atomic E-state index is -0.585. The number of carbonyl (C=O) groups excluding carboxylic acids is 1. The summed E-state index contributed by atoms with van der Waals surface area (Å²) in [5.74, 6) is 0.852. The van der Waals surface area contributed by atoms with Gasteiger partial charge in [0, 0.05) is 23.6 Å². The number of nitrogens with one attached hydrogen (secondary N) is 2. The Labute approximate surface area is 125 Å². The first-order valence-electron chi connectivity index (χ1n) is 7.44. The minimum Gasteiger partial charge on any atom is -0.497 e. The SMILES string of the molecule is CCCCNC(=O)C(C)(C)c1c[nH]c2ccc(OC)cc12. The van der Waals surface area contributed by atoms with Gasteiger partial charge in [0.15, 0.2) is 0 Å². The van der Waals surface area contributed by atoms with Crippen LogP contribution in [-0.2, 0) is 10.2 Å². The molecule has 0 aliphatic carbocycles. The summed E-state index contributed by atoms with van der Waals surface area (Å²) in [6.07, 6.45) is 4.00. The van der Waals surface area contributed by atoms with Crippen LogP contribution in [0.2, 0.25) is 0 Å². The lowest BCUT2D eigenvalue weighted by atomic mass is 9.83. The third kappa shape index (κ3) is 3.04. The van der Waals surface area contributed by atoms with Crippen LogP contribution < -0.4 is 10.1 Å². The molecule has 4 nitrogen and oxygen atoms in total. The summed E-state index contributed by atoms with van der Waals surface area (Å²) in [4.78, 5) is 15.7. The number of aromatic nitrogens is 1. The van der Waals surface area contributed by atoms with Crippen molar-refractivity contribution in [2.75, 3.05) is 13.7 Å². The van der Waals surface area contributed by atoms with Gasteiger partial charge in [-0.1, -0.05) is 13.3 Å². The monoisotopic (exact) mass is 288 g/mol. The molecule has 1 aromatic heterocycles.